The van der Waals surface area contributed by atoms with Gasteiger partial charge in [0.2, 0.25) is 15.6 Å². The number of aromatic amines is 1. The molecular formula is C22H19F4N3O6S. The average Bonchev–Trinajstić information content (AvgIpc) is 2.77. The molecule has 0 unspecified atom stereocenters. The third-order valence-electron chi connectivity index (χ3n) is 4.44. The standard InChI is InChI=1S/C22H19F4N3O6S/c1-36(32,33)28-8-9-34-19-11-14(23)3-5-17(19)35-18-10-13(22(24,25)26)2-4-16(18)21(31)29-15-6-7-27-20(30)12-15/h2-7,10-12,28H,8-9H2,1H3,(H2,27,29,30,31). The maximum Gasteiger partial charge on any atom is 0.416 e. The van der Waals surface area contributed by atoms with E-state index in [0.717, 1.165) is 36.6 Å². The van der Waals surface area contributed by atoms with E-state index >= 15 is 0 Å². The van der Waals surface area contributed by atoms with E-state index in [1.165, 1.54) is 12.3 Å². The molecule has 0 saturated carbocycles. The minimum Gasteiger partial charge on any atom is -0.488 e. The molecule has 3 N–H and O–H groups in total. The molecule has 0 aliphatic carbocycles. The van der Waals surface area contributed by atoms with Crippen molar-refractivity contribution < 1.29 is 40.2 Å². The summed E-state index contributed by atoms with van der Waals surface area (Å²) >= 11 is 0. The highest BCUT2D eigenvalue weighted by molar-refractivity contribution is 7.88. The lowest BCUT2D eigenvalue weighted by Gasteiger charge is -2.17. The largest absolute Gasteiger partial charge is 0.488 e. The lowest BCUT2D eigenvalue weighted by molar-refractivity contribution is -0.137. The fourth-order valence-corrected chi connectivity index (χ4v) is 3.33. The lowest BCUT2D eigenvalue weighted by atomic mass is 10.1. The van der Waals surface area contributed by atoms with Crippen molar-refractivity contribution in [1.29, 1.82) is 0 Å². The molecule has 0 radical (unpaired) electrons. The molecule has 0 spiro atoms. The van der Waals surface area contributed by atoms with Crippen LogP contribution in [-0.2, 0) is 16.2 Å². The van der Waals surface area contributed by atoms with Gasteiger partial charge in [-0.2, -0.15) is 13.2 Å². The Labute approximate surface area is 202 Å². The molecule has 0 aliphatic heterocycles. The molecule has 14 heteroatoms. The van der Waals surface area contributed by atoms with Gasteiger partial charge in [0.05, 0.1) is 17.4 Å². The number of benzene rings is 2. The summed E-state index contributed by atoms with van der Waals surface area (Å²) in [6.45, 7) is -0.437. The second kappa shape index (κ2) is 10.8. The minimum atomic E-state index is -4.76. The number of nitrogens with one attached hydrogen (secondary N) is 3. The monoisotopic (exact) mass is 529 g/mol. The number of sulfonamides is 1. The van der Waals surface area contributed by atoms with Crippen LogP contribution in [0.2, 0.25) is 0 Å². The molecule has 9 nitrogen and oxygen atoms in total. The van der Waals surface area contributed by atoms with Crippen LogP contribution in [0.5, 0.6) is 17.2 Å². The Hall–Kier alpha value is -3.91. The van der Waals surface area contributed by atoms with Gasteiger partial charge in [0.25, 0.3) is 5.91 Å². The maximum atomic E-state index is 13.8. The number of ether oxygens (including phenoxy) is 2. The number of halogens is 4. The van der Waals surface area contributed by atoms with Gasteiger partial charge < -0.3 is 19.8 Å². The summed E-state index contributed by atoms with van der Waals surface area (Å²) in [7, 11) is -3.52. The predicted octanol–water partition coefficient (Wildman–Crippen LogP) is 3.51. The normalized spacial score (nSPS) is 11.7. The van der Waals surface area contributed by atoms with E-state index in [0.29, 0.717) is 12.1 Å². The molecule has 1 aromatic heterocycles. The summed E-state index contributed by atoms with van der Waals surface area (Å²) in [4.78, 5) is 26.6. The quantitative estimate of drug-likeness (QED) is 0.288. The van der Waals surface area contributed by atoms with Crippen LogP contribution >= 0.6 is 0 Å². The Kier molecular flexibility index (Phi) is 8.00. The van der Waals surface area contributed by atoms with E-state index in [-0.39, 0.29) is 35.9 Å². The molecule has 1 amide bonds. The molecule has 36 heavy (non-hydrogen) atoms. The van der Waals surface area contributed by atoms with E-state index < -0.39 is 44.8 Å². The van der Waals surface area contributed by atoms with Crippen LogP contribution in [-0.4, -0.2) is 38.7 Å². The van der Waals surface area contributed by atoms with Crippen LogP contribution in [0.3, 0.4) is 0 Å². The Morgan fingerprint density at radius 1 is 1.03 bits per heavy atom. The van der Waals surface area contributed by atoms with Crippen molar-refractivity contribution in [3.63, 3.8) is 0 Å². The van der Waals surface area contributed by atoms with E-state index in [1.807, 2.05) is 0 Å². The van der Waals surface area contributed by atoms with Crippen molar-refractivity contribution in [3.8, 4) is 17.2 Å². The molecule has 3 rings (SSSR count). The first kappa shape index (κ1) is 26.7. The van der Waals surface area contributed by atoms with Gasteiger partial charge >= 0.3 is 6.18 Å². The number of rotatable bonds is 9. The van der Waals surface area contributed by atoms with E-state index in [1.54, 1.807) is 0 Å². The van der Waals surface area contributed by atoms with Crippen molar-refractivity contribution in [2.24, 2.45) is 0 Å². The van der Waals surface area contributed by atoms with Crippen molar-refractivity contribution in [3.05, 3.63) is 82.0 Å². The summed E-state index contributed by atoms with van der Waals surface area (Å²) in [5.74, 6) is -2.65. The van der Waals surface area contributed by atoms with Crippen LogP contribution < -0.4 is 25.1 Å². The molecule has 2 aromatic carbocycles. The van der Waals surface area contributed by atoms with Crippen LogP contribution in [0.1, 0.15) is 15.9 Å². The zero-order valence-electron chi connectivity index (χ0n) is 18.5. The number of anilines is 1. The fraction of sp³-hybridized carbons (Fsp3) is 0.182. The SMILES string of the molecule is CS(=O)(=O)NCCOc1cc(F)ccc1Oc1cc(C(F)(F)F)ccc1C(=O)Nc1cc[nH]c(=O)c1. The maximum absolute atomic E-state index is 13.8. The van der Waals surface area contributed by atoms with Gasteiger partial charge in [-0.25, -0.2) is 17.5 Å². The van der Waals surface area contributed by atoms with Gasteiger partial charge in [0, 0.05) is 30.6 Å². The van der Waals surface area contributed by atoms with E-state index in [2.05, 4.69) is 15.0 Å². The summed E-state index contributed by atoms with van der Waals surface area (Å²) in [5, 5.41) is 2.39. The van der Waals surface area contributed by atoms with E-state index in [9.17, 15) is 35.6 Å². The number of aromatic nitrogens is 1. The number of amides is 1. The zero-order chi connectivity index (χ0) is 26.5. The number of hydrogen-bond donors (Lipinski definition) is 3. The van der Waals surface area contributed by atoms with E-state index in [4.69, 9.17) is 9.47 Å². The van der Waals surface area contributed by atoms with Crippen LogP contribution in [0.15, 0.2) is 59.5 Å². The van der Waals surface area contributed by atoms with Gasteiger partial charge in [-0.05, 0) is 36.4 Å². The summed E-state index contributed by atoms with van der Waals surface area (Å²) in [6.07, 6.45) is -2.57. The van der Waals surface area contributed by atoms with Gasteiger partial charge in [-0.3, -0.25) is 9.59 Å². The third kappa shape index (κ3) is 7.55. The fourth-order valence-electron chi connectivity index (χ4n) is 2.88. The first-order chi connectivity index (χ1) is 16.8. The molecule has 0 atom stereocenters. The molecule has 0 aliphatic rings. The van der Waals surface area contributed by atoms with Gasteiger partial charge in [-0.15, -0.1) is 0 Å². The highest BCUT2D eigenvalue weighted by atomic mass is 32.2. The highest BCUT2D eigenvalue weighted by Gasteiger charge is 2.32. The Bertz CT molecular complexity index is 1420. The summed E-state index contributed by atoms with van der Waals surface area (Å²) in [5.41, 5.74) is -1.88. The Morgan fingerprint density at radius 2 is 1.78 bits per heavy atom. The molecule has 1 heterocycles. The predicted molar refractivity (Wildman–Crippen MR) is 121 cm³/mol. The molecular weight excluding hydrogens is 510 g/mol. The number of carbonyl (C=O) groups excluding carboxylic acids is 1. The van der Waals surface area contributed by atoms with Gasteiger partial charge in [0.1, 0.15) is 18.2 Å². The van der Waals surface area contributed by atoms with Gasteiger partial charge in [0.15, 0.2) is 11.5 Å². The Balaban J connectivity index is 1.93. The van der Waals surface area contributed by atoms with Crippen molar-refractivity contribution >= 4 is 21.6 Å². The first-order valence-electron chi connectivity index (χ1n) is 10.1. The number of alkyl halides is 3. The van der Waals surface area contributed by atoms with Crippen LogP contribution in [0.25, 0.3) is 0 Å². The third-order valence-corrected chi connectivity index (χ3v) is 5.16. The molecule has 3 aromatic rings. The average molecular weight is 529 g/mol. The molecule has 192 valence electrons. The van der Waals surface area contributed by atoms with Crippen molar-refractivity contribution in [1.82, 2.24) is 9.71 Å². The zero-order valence-corrected chi connectivity index (χ0v) is 19.3. The smallest absolute Gasteiger partial charge is 0.416 e. The number of pyridine rings is 1. The number of H-pyrrole nitrogens is 1. The second-order valence-electron chi connectivity index (χ2n) is 7.31. The topological polar surface area (TPSA) is 127 Å². The molecule has 0 saturated heterocycles. The second-order valence-corrected chi connectivity index (χ2v) is 9.15. The molecule has 0 fully saturated rings. The summed E-state index contributed by atoms with van der Waals surface area (Å²) in [6, 6.07) is 7.51. The Morgan fingerprint density at radius 3 is 2.44 bits per heavy atom. The lowest BCUT2D eigenvalue weighted by Crippen LogP contribution is -2.26. The summed E-state index contributed by atoms with van der Waals surface area (Å²) < 4.78 is 89.2. The van der Waals surface area contributed by atoms with Crippen LogP contribution in [0.4, 0.5) is 23.2 Å². The van der Waals surface area contributed by atoms with Crippen LogP contribution in [0, 0.1) is 5.82 Å². The first-order valence-corrected chi connectivity index (χ1v) is 12.0. The number of hydrogen-bond acceptors (Lipinski definition) is 6. The van der Waals surface area contributed by atoms with Crippen molar-refractivity contribution in [2.75, 3.05) is 24.7 Å². The highest BCUT2D eigenvalue weighted by Crippen LogP contribution is 2.38. The minimum absolute atomic E-state index is 0.0822. The van der Waals surface area contributed by atoms with Gasteiger partial charge in [-0.1, -0.05) is 0 Å². The van der Waals surface area contributed by atoms with Crippen molar-refractivity contribution in [2.45, 2.75) is 6.18 Å². The number of carbonyl (C=O) groups is 1. The molecule has 0 bridgehead atoms.